The van der Waals surface area contributed by atoms with Crippen molar-refractivity contribution >= 4 is 0 Å². The average molecular weight is 137 g/mol. The third-order valence-electron chi connectivity index (χ3n) is 4.20. The van der Waals surface area contributed by atoms with Gasteiger partial charge in [0.25, 0.3) is 0 Å². The van der Waals surface area contributed by atoms with Crippen molar-refractivity contribution in [1.82, 2.24) is 0 Å². The van der Waals surface area contributed by atoms with Crippen LogP contribution < -0.4 is 5.73 Å². The van der Waals surface area contributed by atoms with E-state index in [0.29, 0.717) is 11.5 Å². The fourth-order valence-corrected chi connectivity index (χ4v) is 3.54. The normalized spacial score (nSPS) is 63.9. The fraction of sp³-hybridized carbons (Fsp3) is 1.00. The molecule has 2 bridgehead atoms. The molecule has 1 nitrogen and oxygen atoms in total. The Labute approximate surface area is 62.0 Å². The zero-order valence-corrected chi connectivity index (χ0v) is 6.34. The first-order valence-electron chi connectivity index (χ1n) is 4.57. The van der Waals surface area contributed by atoms with Crippen LogP contribution in [0.5, 0.6) is 0 Å². The minimum Gasteiger partial charge on any atom is -0.327 e. The predicted octanol–water partition coefficient (Wildman–Crippen LogP) is 1.52. The summed E-state index contributed by atoms with van der Waals surface area (Å²) in [7, 11) is 0. The van der Waals surface area contributed by atoms with Gasteiger partial charge in [0.2, 0.25) is 0 Å². The monoisotopic (exact) mass is 137 g/mol. The van der Waals surface area contributed by atoms with Gasteiger partial charge in [0, 0.05) is 6.04 Å². The summed E-state index contributed by atoms with van der Waals surface area (Å²) in [4.78, 5) is 0. The van der Waals surface area contributed by atoms with Gasteiger partial charge in [-0.15, -0.1) is 0 Å². The second kappa shape index (κ2) is 1.42. The molecule has 0 saturated heterocycles. The second-order valence-electron chi connectivity index (χ2n) is 4.62. The second-order valence-corrected chi connectivity index (χ2v) is 4.62. The zero-order chi connectivity index (χ0) is 6.77. The highest BCUT2D eigenvalue weighted by Crippen LogP contribution is 2.67. The molecule has 10 heavy (non-hydrogen) atoms. The molecule has 0 aromatic carbocycles. The summed E-state index contributed by atoms with van der Waals surface area (Å²) in [6, 6.07) is 0.600. The van der Waals surface area contributed by atoms with Crippen LogP contribution in [-0.2, 0) is 0 Å². The van der Waals surface area contributed by atoms with Crippen molar-refractivity contribution in [1.29, 1.82) is 0 Å². The Bertz CT molecular complexity index is 178. The molecule has 3 fully saturated rings. The molecule has 3 aliphatic carbocycles. The van der Waals surface area contributed by atoms with E-state index in [1.54, 1.807) is 0 Å². The molecule has 1 heteroatoms. The van der Waals surface area contributed by atoms with Crippen LogP contribution in [0.3, 0.4) is 0 Å². The first kappa shape index (κ1) is 5.59. The quantitative estimate of drug-likeness (QED) is 0.538. The summed E-state index contributed by atoms with van der Waals surface area (Å²) < 4.78 is 0. The smallest absolute Gasteiger partial charge is 0.0105 e. The molecule has 0 aliphatic heterocycles. The predicted molar refractivity (Wildman–Crippen MR) is 40.5 cm³/mol. The molecule has 0 aromatic rings. The van der Waals surface area contributed by atoms with Crippen LogP contribution in [0.25, 0.3) is 0 Å². The lowest BCUT2D eigenvalue weighted by Crippen LogP contribution is -2.20. The van der Waals surface area contributed by atoms with Crippen molar-refractivity contribution in [3.63, 3.8) is 0 Å². The first-order chi connectivity index (χ1) is 4.81. The van der Waals surface area contributed by atoms with Gasteiger partial charge >= 0.3 is 0 Å². The highest BCUT2D eigenvalue weighted by Gasteiger charge is 2.63. The van der Waals surface area contributed by atoms with Gasteiger partial charge in [-0.05, 0) is 42.9 Å². The van der Waals surface area contributed by atoms with Gasteiger partial charge in [-0.3, -0.25) is 0 Å². The summed E-state index contributed by atoms with van der Waals surface area (Å²) in [6.45, 7) is 0. The van der Waals surface area contributed by atoms with Gasteiger partial charge in [-0.25, -0.2) is 0 Å². The summed E-state index contributed by atoms with van der Waals surface area (Å²) in [6.07, 6.45) is 7.37. The third kappa shape index (κ3) is 0.460. The Morgan fingerprint density at radius 2 is 2.00 bits per heavy atom. The van der Waals surface area contributed by atoms with E-state index in [-0.39, 0.29) is 0 Å². The van der Waals surface area contributed by atoms with Gasteiger partial charge in [0.05, 0.1) is 0 Å². The molecule has 3 saturated carbocycles. The van der Waals surface area contributed by atoms with E-state index >= 15 is 0 Å². The van der Waals surface area contributed by atoms with E-state index in [1.807, 2.05) is 0 Å². The SMILES string of the molecule is NC1CC12CC1CCC2C1. The largest absolute Gasteiger partial charge is 0.327 e. The maximum absolute atomic E-state index is 5.95. The van der Waals surface area contributed by atoms with Crippen molar-refractivity contribution in [2.45, 2.75) is 38.1 Å². The van der Waals surface area contributed by atoms with E-state index in [2.05, 4.69) is 0 Å². The summed E-state index contributed by atoms with van der Waals surface area (Å²) in [5.74, 6) is 2.13. The van der Waals surface area contributed by atoms with Crippen LogP contribution >= 0.6 is 0 Å². The molecule has 3 rings (SSSR count). The van der Waals surface area contributed by atoms with Gasteiger partial charge < -0.3 is 5.73 Å². The summed E-state index contributed by atoms with van der Waals surface area (Å²) >= 11 is 0. The zero-order valence-electron chi connectivity index (χ0n) is 6.34. The maximum Gasteiger partial charge on any atom is 0.0105 e. The Morgan fingerprint density at radius 3 is 2.30 bits per heavy atom. The number of hydrogen-bond donors (Lipinski definition) is 1. The van der Waals surface area contributed by atoms with Gasteiger partial charge in [0.15, 0.2) is 0 Å². The van der Waals surface area contributed by atoms with Gasteiger partial charge in [-0.2, -0.15) is 0 Å². The van der Waals surface area contributed by atoms with Crippen LogP contribution in [0.4, 0.5) is 0 Å². The topological polar surface area (TPSA) is 26.0 Å². The molecule has 0 aromatic heterocycles. The van der Waals surface area contributed by atoms with E-state index in [0.717, 1.165) is 11.8 Å². The summed E-state index contributed by atoms with van der Waals surface area (Å²) in [5, 5.41) is 0. The molecule has 4 atom stereocenters. The Balaban J connectivity index is 1.91. The minimum atomic E-state index is 0.600. The first-order valence-corrected chi connectivity index (χ1v) is 4.57. The molecule has 2 N–H and O–H groups in total. The molecule has 3 aliphatic rings. The molecule has 0 amide bonds. The van der Waals surface area contributed by atoms with Crippen molar-refractivity contribution < 1.29 is 0 Å². The number of fused-ring (bicyclic) bond motifs is 3. The molecule has 0 radical (unpaired) electrons. The fourth-order valence-electron chi connectivity index (χ4n) is 3.54. The van der Waals surface area contributed by atoms with Crippen molar-refractivity contribution in [2.24, 2.45) is 23.0 Å². The van der Waals surface area contributed by atoms with Gasteiger partial charge in [-0.1, -0.05) is 6.42 Å². The van der Waals surface area contributed by atoms with Gasteiger partial charge in [0.1, 0.15) is 0 Å². The Kier molecular flexibility index (Phi) is 0.797. The lowest BCUT2D eigenvalue weighted by molar-refractivity contribution is 0.299. The summed E-state index contributed by atoms with van der Waals surface area (Å²) in [5.41, 5.74) is 6.65. The van der Waals surface area contributed by atoms with E-state index in [1.165, 1.54) is 32.1 Å². The minimum absolute atomic E-state index is 0.600. The highest BCUT2D eigenvalue weighted by molar-refractivity contribution is 5.16. The standard InChI is InChI=1S/C9H15N/c10-8-5-9(8)4-6-1-2-7(9)3-6/h6-8H,1-5,10H2. The molecule has 0 heterocycles. The Morgan fingerprint density at radius 1 is 1.20 bits per heavy atom. The van der Waals surface area contributed by atoms with E-state index < -0.39 is 0 Å². The molecule has 1 spiro atoms. The molecular weight excluding hydrogens is 122 g/mol. The van der Waals surface area contributed by atoms with Crippen LogP contribution in [-0.4, -0.2) is 6.04 Å². The van der Waals surface area contributed by atoms with E-state index in [9.17, 15) is 0 Å². The number of rotatable bonds is 0. The maximum atomic E-state index is 5.95. The van der Waals surface area contributed by atoms with Crippen LogP contribution in [0, 0.1) is 17.3 Å². The molecule has 4 unspecified atom stereocenters. The van der Waals surface area contributed by atoms with Crippen LogP contribution in [0.15, 0.2) is 0 Å². The number of nitrogens with two attached hydrogens (primary N) is 1. The van der Waals surface area contributed by atoms with Crippen molar-refractivity contribution in [3.8, 4) is 0 Å². The average Bonchev–Trinajstić information content (AvgIpc) is 2.31. The van der Waals surface area contributed by atoms with Crippen molar-refractivity contribution in [2.75, 3.05) is 0 Å². The molecular formula is C9H15N. The number of hydrogen-bond acceptors (Lipinski definition) is 1. The lowest BCUT2D eigenvalue weighted by Gasteiger charge is -2.20. The van der Waals surface area contributed by atoms with Crippen molar-refractivity contribution in [3.05, 3.63) is 0 Å². The molecule has 56 valence electrons. The van der Waals surface area contributed by atoms with Crippen LogP contribution in [0.2, 0.25) is 0 Å². The highest BCUT2D eigenvalue weighted by atomic mass is 14.8. The van der Waals surface area contributed by atoms with E-state index in [4.69, 9.17) is 5.73 Å². The lowest BCUT2D eigenvalue weighted by atomic mass is 9.85. The van der Waals surface area contributed by atoms with Crippen LogP contribution in [0.1, 0.15) is 32.1 Å². The Hall–Kier alpha value is -0.0400. The third-order valence-corrected chi connectivity index (χ3v) is 4.20.